The molecule has 0 saturated carbocycles. The fourth-order valence-electron chi connectivity index (χ4n) is 0.319. The Kier molecular flexibility index (Phi) is 11.2. The van der Waals surface area contributed by atoms with Crippen LogP contribution in [0.25, 0.3) is 0 Å². The number of esters is 2. The van der Waals surface area contributed by atoms with Crippen molar-refractivity contribution in [1.82, 2.24) is 0 Å². The van der Waals surface area contributed by atoms with Gasteiger partial charge >= 0.3 is 11.9 Å². The van der Waals surface area contributed by atoms with Crippen LogP contribution in [0.1, 0.15) is 13.8 Å². The fourth-order valence-corrected chi connectivity index (χ4v) is 0.319. The topological polar surface area (TPSA) is 52.6 Å². The fraction of sp³-hybridized carbons (Fsp3) is 0.333. The van der Waals surface area contributed by atoms with Gasteiger partial charge in [0, 0.05) is 13.0 Å². The van der Waals surface area contributed by atoms with Gasteiger partial charge in [-0.15, -0.1) is 0 Å². The summed E-state index contributed by atoms with van der Waals surface area (Å²) in [6.45, 7) is 9.86. The molecule has 0 rings (SSSR count). The lowest BCUT2D eigenvalue weighted by atomic mass is 10.6. The maximum absolute atomic E-state index is 10.1. The van der Waals surface area contributed by atoms with E-state index in [9.17, 15) is 9.59 Å². The van der Waals surface area contributed by atoms with Crippen LogP contribution in [0.2, 0.25) is 0 Å². The van der Waals surface area contributed by atoms with Crippen molar-refractivity contribution in [3.8, 4) is 0 Å². The molecule has 0 fully saturated rings. The smallest absolute Gasteiger partial charge is 0.330 e. The van der Waals surface area contributed by atoms with Gasteiger partial charge in [0.2, 0.25) is 0 Å². The second-order valence-corrected chi connectivity index (χ2v) is 1.73. The lowest BCUT2D eigenvalue weighted by Crippen LogP contribution is -1.97. The molecule has 0 aromatic rings. The molecule has 74 valence electrons. The zero-order valence-electron chi connectivity index (χ0n) is 7.91. The van der Waals surface area contributed by atoms with Crippen molar-refractivity contribution in [2.45, 2.75) is 13.8 Å². The Bertz CT molecular complexity index is 184. The van der Waals surface area contributed by atoms with E-state index >= 15 is 0 Å². The standard InChI is InChI=1S/C5H8O2.C4H6O2/c1-3-5(6)7-4-2;1-3-6-4(2)5/h3H,1,4H2,2H3;3H,1H2,2H3. The molecule has 4 heteroatoms. The van der Waals surface area contributed by atoms with Crippen LogP contribution in [0.3, 0.4) is 0 Å². The van der Waals surface area contributed by atoms with E-state index < -0.39 is 0 Å². The van der Waals surface area contributed by atoms with Gasteiger partial charge in [-0.25, -0.2) is 4.79 Å². The van der Waals surface area contributed by atoms with Gasteiger partial charge in [-0.05, 0) is 6.92 Å². The molecule has 0 bridgehead atoms. The van der Waals surface area contributed by atoms with Gasteiger partial charge in [0.15, 0.2) is 0 Å². The molecule has 0 heterocycles. The summed E-state index contributed by atoms with van der Waals surface area (Å²) in [5, 5.41) is 0. The molecule has 0 aromatic carbocycles. The summed E-state index contributed by atoms with van der Waals surface area (Å²) in [6.07, 6.45) is 2.24. The summed E-state index contributed by atoms with van der Waals surface area (Å²) in [7, 11) is 0. The van der Waals surface area contributed by atoms with Gasteiger partial charge < -0.3 is 9.47 Å². The van der Waals surface area contributed by atoms with E-state index in [4.69, 9.17) is 0 Å². The number of ether oxygens (including phenoxy) is 2. The summed E-state index contributed by atoms with van der Waals surface area (Å²) in [6, 6.07) is 0. The zero-order valence-corrected chi connectivity index (χ0v) is 7.91. The van der Waals surface area contributed by atoms with Crippen LogP contribution in [0.5, 0.6) is 0 Å². The first-order chi connectivity index (χ1) is 6.08. The van der Waals surface area contributed by atoms with E-state index in [0.717, 1.165) is 12.3 Å². The molecule has 0 amide bonds. The molecular weight excluding hydrogens is 172 g/mol. The second-order valence-electron chi connectivity index (χ2n) is 1.73. The normalized spacial score (nSPS) is 7.23. The number of carbonyl (C=O) groups excluding carboxylic acids is 2. The summed E-state index contributed by atoms with van der Waals surface area (Å²) in [4.78, 5) is 19.8. The van der Waals surface area contributed by atoms with Crippen LogP contribution >= 0.6 is 0 Å². The van der Waals surface area contributed by atoms with E-state index in [1.54, 1.807) is 6.92 Å². The number of carbonyl (C=O) groups is 2. The Hall–Kier alpha value is -1.58. The van der Waals surface area contributed by atoms with Crippen LogP contribution < -0.4 is 0 Å². The Morgan fingerprint density at radius 2 is 1.92 bits per heavy atom. The van der Waals surface area contributed by atoms with Gasteiger partial charge in [0.05, 0.1) is 12.9 Å². The van der Waals surface area contributed by atoms with Crippen LogP contribution in [-0.4, -0.2) is 18.5 Å². The molecular formula is C9H14O4. The van der Waals surface area contributed by atoms with E-state index in [1.807, 2.05) is 0 Å². The van der Waals surface area contributed by atoms with E-state index in [1.165, 1.54) is 6.92 Å². The van der Waals surface area contributed by atoms with E-state index in [2.05, 4.69) is 22.6 Å². The SMILES string of the molecule is C=CC(=O)OCC.C=COC(C)=O. The zero-order chi connectivity index (χ0) is 10.7. The van der Waals surface area contributed by atoms with Gasteiger partial charge in [-0.1, -0.05) is 13.2 Å². The minimum Gasteiger partial charge on any atom is -0.463 e. The molecule has 0 spiro atoms. The highest BCUT2D eigenvalue weighted by atomic mass is 16.5. The van der Waals surface area contributed by atoms with Gasteiger partial charge in [-0.2, -0.15) is 0 Å². The van der Waals surface area contributed by atoms with Crippen molar-refractivity contribution in [2.24, 2.45) is 0 Å². The first-order valence-electron chi connectivity index (χ1n) is 3.65. The third-order valence-corrected chi connectivity index (χ3v) is 0.703. The van der Waals surface area contributed by atoms with Gasteiger partial charge in [0.1, 0.15) is 0 Å². The number of hydrogen-bond donors (Lipinski definition) is 0. The first kappa shape index (κ1) is 14.0. The molecule has 0 saturated heterocycles. The van der Waals surface area contributed by atoms with E-state index in [0.29, 0.717) is 6.61 Å². The average Bonchev–Trinajstić information content (AvgIpc) is 2.05. The lowest BCUT2D eigenvalue weighted by Gasteiger charge is -1.90. The highest BCUT2D eigenvalue weighted by Crippen LogP contribution is 1.74. The Balaban J connectivity index is 0. The monoisotopic (exact) mass is 186 g/mol. The van der Waals surface area contributed by atoms with Gasteiger partial charge in [0.25, 0.3) is 0 Å². The Morgan fingerprint density at radius 1 is 1.38 bits per heavy atom. The summed E-state index contributed by atoms with van der Waals surface area (Å²) in [5.41, 5.74) is 0. The van der Waals surface area contributed by atoms with Crippen LogP contribution in [0.15, 0.2) is 25.5 Å². The van der Waals surface area contributed by atoms with Crippen molar-refractivity contribution >= 4 is 11.9 Å². The molecule has 0 atom stereocenters. The summed E-state index contributed by atoms with van der Waals surface area (Å²) >= 11 is 0. The molecule has 0 unspecified atom stereocenters. The Morgan fingerprint density at radius 3 is 2.00 bits per heavy atom. The maximum atomic E-state index is 10.1. The summed E-state index contributed by atoms with van der Waals surface area (Å²) in [5.74, 6) is -0.687. The minimum atomic E-state index is -0.359. The maximum Gasteiger partial charge on any atom is 0.330 e. The summed E-state index contributed by atoms with van der Waals surface area (Å²) < 4.78 is 8.60. The predicted molar refractivity (Wildman–Crippen MR) is 48.8 cm³/mol. The molecule has 0 aliphatic carbocycles. The van der Waals surface area contributed by atoms with Crippen LogP contribution in [0.4, 0.5) is 0 Å². The molecule has 0 radical (unpaired) electrons. The third-order valence-electron chi connectivity index (χ3n) is 0.703. The van der Waals surface area contributed by atoms with Crippen molar-refractivity contribution in [3.63, 3.8) is 0 Å². The molecule has 4 nitrogen and oxygen atoms in total. The number of rotatable bonds is 3. The lowest BCUT2D eigenvalue weighted by molar-refractivity contribution is -0.137. The third kappa shape index (κ3) is 17.9. The van der Waals surface area contributed by atoms with Crippen molar-refractivity contribution in [3.05, 3.63) is 25.5 Å². The minimum absolute atomic E-state index is 0.329. The molecule has 13 heavy (non-hydrogen) atoms. The van der Waals surface area contributed by atoms with Gasteiger partial charge in [-0.3, -0.25) is 4.79 Å². The van der Waals surface area contributed by atoms with Crippen LogP contribution in [-0.2, 0) is 19.1 Å². The quantitative estimate of drug-likeness (QED) is 0.380. The molecule has 0 aromatic heterocycles. The average molecular weight is 186 g/mol. The largest absolute Gasteiger partial charge is 0.463 e. The highest BCUT2D eigenvalue weighted by Gasteiger charge is 1.86. The molecule has 0 aliphatic rings. The Labute approximate surface area is 77.8 Å². The molecule has 0 aliphatic heterocycles. The van der Waals surface area contributed by atoms with Crippen molar-refractivity contribution in [2.75, 3.05) is 6.61 Å². The predicted octanol–water partition coefficient (Wildman–Crippen LogP) is 1.43. The highest BCUT2D eigenvalue weighted by molar-refractivity contribution is 5.81. The number of hydrogen-bond acceptors (Lipinski definition) is 4. The van der Waals surface area contributed by atoms with Crippen LogP contribution in [0, 0.1) is 0 Å². The first-order valence-corrected chi connectivity index (χ1v) is 3.65. The van der Waals surface area contributed by atoms with Crippen molar-refractivity contribution < 1.29 is 19.1 Å². The van der Waals surface area contributed by atoms with Crippen molar-refractivity contribution in [1.29, 1.82) is 0 Å². The second kappa shape index (κ2) is 10.4. The molecule has 0 N–H and O–H groups in total. The van der Waals surface area contributed by atoms with E-state index in [-0.39, 0.29) is 11.9 Å².